The molecule has 1 aromatic rings. The highest BCUT2D eigenvalue weighted by molar-refractivity contribution is 5.23. The second-order valence-corrected chi connectivity index (χ2v) is 5.51. The molecule has 1 saturated carbocycles. The first kappa shape index (κ1) is 13.5. The Hall–Kier alpha value is -0.890. The van der Waals surface area contributed by atoms with E-state index in [0.29, 0.717) is 6.04 Å². The van der Waals surface area contributed by atoms with E-state index in [1.165, 1.54) is 49.8 Å². The molecule has 2 nitrogen and oxygen atoms in total. The minimum absolute atomic E-state index is 0.513. The third-order valence-corrected chi connectivity index (χ3v) is 4.12. The zero-order valence-corrected chi connectivity index (χ0v) is 11.8. The highest BCUT2D eigenvalue weighted by Crippen LogP contribution is 2.35. The van der Waals surface area contributed by atoms with Crippen LogP contribution >= 0.6 is 0 Å². The summed E-state index contributed by atoms with van der Waals surface area (Å²) in [5, 5.41) is 3.76. The lowest BCUT2D eigenvalue weighted by Crippen LogP contribution is -2.31. The predicted octanol–water partition coefficient (Wildman–Crippen LogP) is 4.01. The molecule has 0 radical (unpaired) electrons. The van der Waals surface area contributed by atoms with Gasteiger partial charge in [0, 0.05) is 17.9 Å². The van der Waals surface area contributed by atoms with E-state index < -0.39 is 0 Å². The molecule has 0 aliphatic heterocycles. The van der Waals surface area contributed by atoms with Crippen LogP contribution in [0.3, 0.4) is 0 Å². The summed E-state index contributed by atoms with van der Waals surface area (Å²) in [4.78, 5) is 4.46. The molecular formula is C16H26N2. The first-order valence-electron chi connectivity index (χ1n) is 7.47. The van der Waals surface area contributed by atoms with Gasteiger partial charge in [-0.1, -0.05) is 32.3 Å². The van der Waals surface area contributed by atoms with Crippen LogP contribution in [0.2, 0.25) is 0 Å². The van der Waals surface area contributed by atoms with Gasteiger partial charge in [0.1, 0.15) is 0 Å². The minimum atomic E-state index is 0.513. The summed E-state index contributed by atoms with van der Waals surface area (Å²) >= 11 is 0. The van der Waals surface area contributed by atoms with Crippen molar-refractivity contribution in [2.24, 2.45) is 5.92 Å². The molecule has 2 heteroatoms. The largest absolute Gasteiger partial charge is 0.310 e. The second kappa shape index (κ2) is 6.89. The van der Waals surface area contributed by atoms with Crippen LogP contribution in [-0.4, -0.2) is 11.5 Å². The molecule has 1 atom stereocenters. The van der Waals surface area contributed by atoms with Crippen molar-refractivity contribution in [1.29, 1.82) is 0 Å². The fourth-order valence-electron chi connectivity index (χ4n) is 3.12. The maximum absolute atomic E-state index is 4.46. The molecule has 1 N–H and O–H groups in total. The van der Waals surface area contributed by atoms with Gasteiger partial charge in [-0.15, -0.1) is 0 Å². The Balaban J connectivity index is 2.15. The average Bonchev–Trinajstić information content (AvgIpc) is 2.42. The summed E-state index contributed by atoms with van der Waals surface area (Å²) in [6.45, 7) is 5.48. The lowest BCUT2D eigenvalue weighted by Gasteiger charge is -2.32. The molecule has 1 aliphatic rings. The van der Waals surface area contributed by atoms with E-state index in [9.17, 15) is 0 Å². The van der Waals surface area contributed by atoms with Crippen molar-refractivity contribution in [1.82, 2.24) is 10.3 Å². The van der Waals surface area contributed by atoms with Crippen molar-refractivity contribution in [2.45, 2.75) is 58.4 Å². The molecule has 100 valence electrons. The molecule has 1 aliphatic carbocycles. The number of rotatable bonds is 5. The topological polar surface area (TPSA) is 24.9 Å². The van der Waals surface area contributed by atoms with Gasteiger partial charge >= 0.3 is 0 Å². The average molecular weight is 246 g/mol. The summed E-state index contributed by atoms with van der Waals surface area (Å²) < 4.78 is 0. The number of hydrogen-bond donors (Lipinski definition) is 1. The van der Waals surface area contributed by atoms with Gasteiger partial charge in [0.15, 0.2) is 0 Å². The molecule has 0 bridgehead atoms. The van der Waals surface area contributed by atoms with Crippen molar-refractivity contribution >= 4 is 0 Å². The van der Waals surface area contributed by atoms with Crippen LogP contribution in [0.4, 0.5) is 0 Å². The van der Waals surface area contributed by atoms with Gasteiger partial charge in [0.05, 0.1) is 0 Å². The molecule has 1 fully saturated rings. The predicted molar refractivity (Wildman–Crippen MR) is 76.6 cm³/mol. The van der Waals surface area contributed by atoms with Crippen LogP contribution in [0, 0.1) is 12.8 Å². The highest BCUT2D eigenvalue weighted by Gasteiger charge is 2.25. The van der Waals surface area contributed by atoms with Crippen molar-refractivity contribution in [3.8, 4) is 0 Å². The monoisotopic (exact) mass is 246 g/mol. The first-order valence-corrected chi connectivity index (χ1v) is 7.47. The number of nitrogens with zero attached hydrogens (tertiary/aromatic N) is 1. The maximum Gasteiger partial charge on any atom is 0.0420 e. The van der Waals surface area contributed by atoms with E-state index in [1.54, 1.807) is 0 Å². The Bertz CT molecular complexity index is 356. The number of hydrogen-bond acceptors (Lipinski definition) is 2. The van der Waals surface area contributed by atoms with Gasteiger partial charge in [0.25, 0.3) is 0 Å². The summed E-state index contributed by atoms with van der Waals surface area (Å²) in [6.07, 6.45) is 10.1. The fourth-order valence-corrected chi connectivity index (χ4v) is 3.12. The lowest BCUT2D eigenvalue weighted by molar-refractivity contribution is 0.271. The number of nitrogens with one attached hydrogen (secondary N) is 1. The van der Waals surface area contributed by atoms with Gasteiger partial charge in [-0.2, -0.15) is 0 Å². The van der Waals surface area contributed by atoms with E-state index in [1.807, 2.05) is 6.20 Å². The molecular weight excluding hydrogens is 220 g/mol. The normalized spacial score (nSPS) is 18.8. The zero-order chi connectivity index (χ0) is 12.8. The van der Waals surface area contributed by atoms with Crippen molar-refractivity contribution in [3.05, 3.63) is 29.6 Å². The molecule has 2 rings (SSSR count). The lowest BCUT2D eigenvalue weighted by atomic mass is 9.80. The minimum Gasteiger partial charge on any atom is -0.310 e. The summed E-state index contributed by atoms with van der Waals surface area (Å²) in [5.41, 5.74) is 2.61. The Morgan fingerprint density at radius 2 is 2.11 bits per heavy atom. The van der Waals surface area contributed by atoms with Crippen molar-refractivity contribution in [2.75, 3.05) is 6.54 Å². The Kier molecular flexibility index (Phi) is 5.18. The molecule has 18 heavy (non-hydrogen) atoms. The van der Waals surface area contributed by atoms with Crippen LogP contribution in [0.15, 0.2) is 18.3 Å². The van der Waals surface area contributed by atoms with E-state index in [-0.39, 0.29) is 0 Å². The maximum atomic E-state index is 4.46. The quantitative estimate of drug-likeness (QED) is 0.849. The van der Waals surface area contributed by atoms with Gasteiger partial charge in [-0.05, 0) is 50.3 Å². The molecule has 1 aromatic heterocycles. The van der Waals surface area contributed by atoms with Crippen molar-refractivity contribution < 1.29 is 0 Å². The van der Waals surface area contributed by atoms with Crippen LogP contribution < -0.4 is 5.32 Å². The summed E-state index contributed by atoms with van der Waals surface area (Å²) in [6, 6.07) is 4.84. The number of aryl methyl sites for hydroxylation is 1. The van der Waals surface area contributed by atoms with E-state index in [2.05, 4.69) is 36.3 Å². The van der Waals surface area contributed by atoms with E-state index in [0.717, 1.165) is 12.5 Å². The van der Waals surface area contributed by atoms with Crippen LogP contribution in [0.5, 0.6) is 0 Å². The SMILES string of the molecule is CCCNC(c1cccnc1C)C1CCCCC1. The molecule has 1 unspecified atom stereocenters. The summed E-state index contributed by atoms with van der Waals surface area (Å²) in [5.74, 6) is 0.799. The molecule has 0 aromatic carbocycles. The van der Waals surface area contributed by atoms with E-state index >= 15 is 0 Å². The van der Waals surface area contributed by atoms with E-state index in [4.69, 9.17) is 0 Å². The van der Waals surface area contributed by atoms with Crippen molar-refractivity contribution in [3.63, 3.8) is 0 Å². The Morgan fingerprint density at radius 3 is 2.78 bits per heavy atom. The Labute approximate surface area is 111 Å². The fraction of sp³-hybridized carbons (Fsp3) is 0.688. The third kappa shape index (κ3) is 3.32. The highest BCUT2D eigenvalue weighted by atomic mass is 14.9. The Morgan fingerprint density at radius 1 is 1.33 bits per heavy atom. The second-order valence-electron chi connectivity index (χ2n) is 5.51. The van der Waals surface area contributed by atoms with Gasteiger partial charge in [0.2, 0.25) is 0 Å². The van der Waals surface area contributed by atoms with Crippen LogP contribution in [-0.2, 0) is 0 Å². The third-order valence-electron chi connectivity index (χ3n) is 4.12. The van der Waals surface area contributed by atoms with Gasteiger partial charge < -0.3 is 5.32 Å². The molecule has 0 saturated heterocycles. The smallest absolute Gasteiger partial charge is 0.0420 e. The van der Waals surface area contributed by atoms with Crippen LogP contribution in [0.25, 0.3) is 0 Å². The van der Waals surface area contributed by atoms with Gasteiger partial charge in [-0.3, -0.25) is 4.98 Å². The standard InChI is InChI=1S/C16H26N2/c1-3-11-18-16(14-8-5-4-6-9-14)15-10-7-12-17-13(15)2/h7,10,12,14,16,18H,3-6,8-9,11H2,1-2H3. The number of pyridine rings is 1. The molecule has 0 amide bonds. The number of aromatic nitrogens is 1. The zero-order valence-electron chi connectivity index (χ0n) is 11.8. The van der Waals surface area contributed by atoms with Crippen LogP contribution in [0.1, 0.15) is 62.7 Å². The van der Waals surface area contributed by atoms with Gasteiger partial charge in [-0.25, -0.2) is 0 Å². The molecule has 1 heterocycles. The summed E-state index contributed by atoms with van der Waals surface area (Å²) in [7, 11) is 0. The first-order chi connectivity index (χ1) is 8.83. The molecule has 0 spiro atoms.